The summed E-state index contributed by atoms with van der Waals surface area (Å²) in [5, 5.41) is 10.5. The fraction of sp³-hybridized carbons (Fsp3) is 0.733. The Balaban J connectivity index is 0. The zero-order chi connectivity index (χ0) is 14.6. The number of rotatable bonds is 3. The molecule has 0 heterocycles. The molecule has 0 bridgehead atoms. The summed E-state index contributed by atoms with van der Waals surface area (Å²) in [6.45, 7) is 11.1. The summed E-state index contributed by atoms with van der Waals surface area (Å²) in [7, 11) is 0. The SMILES string of the molecule is C[SiH](C)[Ti]([CH3])([CH3])([CH3])([CH3])([NH]C(C)(C)C)[C]1=CC=CC1.Cl.Cl. The Morgan fingerprint density at radius 1 is 1.05 bits per heavy atom. The molecular formula is C15H36Cl2NSiTi. The van der Waals surface area contributed by atoms with Gasteiger partial charge in [0.05, 0.1) is 0 Å². The molecule has 1 nitrogen and oxygen atoms in total. The van der Waals surface area contributed by atoms with Crippen LogP contribution in [0.3, 0.4) is 0 Å². The smallest absolute Gasteiger partial charge is 0.147 e. The fourth-order valence-electron chi connectivity index (χ4n) is 3.89. The summed E-state index contributed by atoms with van der Waals surface area (Å²) >= 11 is -3.80. The standard InChI is InChI=1S/C5H5.C4H10N.C2H7Si.4CH3.2ClH.Ti/c1-2-4-5-3-1;1-4(2,3)5;1-3-2;;;;;;;/h1-3H,4H2;5H,1-3H3;3H,1-2H3;4*1H3;2*1H;/q;-1;;;;;;;;+1. The molecule has 0 aromatic carbocycles. The third kappa shape index (κ3) is 3.64. The van der Waals surface area contributed by atoms with Crippen LogP contribution in [0.4, 0.5) is 0 Å². The number of hydrogen-bond acceptors (Lipinski definition) is 1. The van der Waals surface area contributed by atoms with E-state index in [1.165, 1.54) is 0 Å². The summed E-state index contributed by atoms with van der Waals surface area (Å²) in [5.74, 6) is 0. The monoisotopic (exact) mass is 376 g/mol. The second-order valence-corrected chi connectivity index (χ2v) is 53.0. The van der Waals surface area contributed by atoms with E-state index in [4.69, 9.17) is 0 Å². The zero-order valence-corrected chi connectivity index (χ0v) is 19.2. The number of nitrogens with one attached hydrogen (secondary N) is 1. The molecule has 5 heteroatoms. The van der Waals surface area contributed by atoms with Gasteiger partial charge in [-0.05, 0) is 0 Å². The van der Waals surface area contributed by atoms with Gasteiger partial charge in [-0.3, -0.25) is 0 Å². The van der Waals surface area contributed by atoms with Crippen LogP contribution in [0.25, 0.3) is 0 Å². The molecule has 0 atom stereocenters. The summed E-state index contributed by atoms with van der Waals surface area (Å²) in [4.78, 5) is 0. The molecule has 1 rings (SSSR count). The molecule has 1 N–H and O–H groups in total. The van der Waals surface area contributed by atoms with Crippen molar-refractivity contribution in [3.8, 4) is 0 Å². The average Bonchev–Trinajstić information content (AvgIpc) is 2.48. The maximum atomic E-state index is 4.24. The van der Waals surface area contributed by atoms with Gasteiger partial charge in [-0.25, -0.2) is 0 Å². The third-order valence-electron chi connectivity index (χ3n) is 6.30. The van der Waals surface area contributed by atoms with Gasteiger partial charge < -0.3 is 0 Å². The van der Waals surface area contributed by atoms with Gasteiger partial charge in [0.1, 0.15) is 0 Å². The van der Waals surface area contributed by atoms with Crippen LogP contribution in [-0.2, 0) is 12.3 Å². The molecule has 0 saturated carbocycles. The number of halogens is 2. The Hall–Kier alpha value is 0.951. The van der Waals surface area contributed by atoms with Crippen molar-refractivity contribution in [1.29, 1.82) is 0 Å². The molecule has 0 unspecified atom stereocenters. The molecule has 1 aliphatic carbocycles. The van der Waals surface area contributed by atoms with Crippen LogP contribution in [0.5, 0.6) is 0 Å². The first-order chi connectivity index (χ1) is 7.54. The van der Waals surface area contributed by atoms with Crippen molar-refractivity contribution in [2.45, 2.75) is 66.7 Å². The van der Waals surface area contributed by atoms with Crippen LogP contribution in [0.2, 0.25) is 34.0 Å². The maximum Gasteiger partial charge on any atom is -0.147 e. The summed E-state index contributed by atoms with van der Waals surface area (Å²) in [6.07, 6.45) is 8.12. The van der Waals surface area contributed by atoms with Crippen molar-refractivity contribution in [3.63, 3.8) is 0 Å². The van der Waals surface area contributed by atoms with E-state index in [1.807, 2.05) is 0 Å². The van der Waals surface area contributed by atoms with E-state index in [0.717, 1.165) is 6.42 Å². The molecule has 0 saturated heterocycles. The van der Waals surface area contributed by atoms with Crippen molar-refractivity contribution in [2.24, 2.45) is 0 Å². The van der Waals surface area contributed by atoms with Gasteiger partial charge in [-0.1, -0.05) is 0 Å². The maximum absolute atomic E-state index is 4.24. The first-order valence-electron chi connectivity index (χ1n) is 7.41. The minimum atomic E-state index is -3.80. The Morgan fingerprint density at radius 3 is 1.75 bits per heavy atom. The molecule has 0 aliphatic heterocycles. The molecular weight excluding hydrogens is 341 g/mol. The largest absolute Gasteiger partial charge is 0.147 e. The van der Waals surface area contributed by atoms with Crippen LogP contribution >= 0.6 is 24.8 Å². The molecule has 0 amide bonds. The molecule has 0 fully saturated rings. The van der Waals surface area contributed by atoms with E-state index in [1.54, 1.807) is 3.88 Å². The topological polar surface area (TPSA) is 12.0 Å². The average molecular weight is 377 g/mol. The van der Waals surface area contributed by atoms with Crippen molar-refractivity contribution in [1.82, 2.24) is 3.80 Å². The van der Waals surface area contributed by atoms with Crippen LogP contribution in [0.1, 0.15) is 27.2 Å². The Kier molecular flexibility index (Phi) is 5.48. The summed E-state index contributed by atoms with van der Waals surface area (Å²) in [6, 6.07) is 0. The number of allylic oxidation sites excluding steroid dienone is 4. The minimum absolute atomic E-state index is 0. The second-order valence-electron chi connectivity index (χ2n) is 11.4. The van der Waals surface area contributed by atoms with Gasteiger partial charge in [-0.2, -0.15) is 0 Å². The van der Waals surface area contributed by atoms with Gasteiger partial charge >= 0.3 is 112 Å². The van der Waals surface area contributed by atoms with E-state index < -0.39 is 18.9 Å². The van der Waals surface area contributed by atoms with E-state index in [0.29, 0.717) is 0 Å². The predicted octanol–water partition coefficient (Wildman–Crippen LogP) is 5.91. The summed E-state index contributed by atoms with van der Waals surface area (Å²) in [5.41, 5.74) is 0.156. The number of hydrogen-bond donors (Lipinski definition) is 1. The van der Waals surface area contributed by atoms with Crippen LogP contribution in [-0.4, -0.2) is 12.2 Å². The Labute approximate surface area is 135 Å². The quantitative estimate of drug-likeness (QED) is 0.603. The normalized spacial score (nSPS) is 20.9. The van der Waals surface area contributed by atoms with Gasteiger partial charge in [0.2, 0.25) is 0 Å². The van der Waals surface area contributed by atoms with Gasteiger partial charge in [0.15, 0.2) is 0 Å². The Morgan fingerprint density at radius 2 is 1.50 bits per heavy atom. The fourth-order valence-corrected chi connectivity index (χ4v) is 21.9. The van der Waals surface area contributed by atoms with Gasteiger partial charge in [-0.15, -0.1) is 24.8 Å². The summed E-state index contributed by atoms with van der Waals surface area (Å²) < 4.78 is 5.93. The van der Waals surface area contributed by atoms with Crippen LogP contribution < -0.4 is 3.80 Å². The Bertz CT molecular complexity index is 459. The molecule has 20 heavy (non-hydrogen) atoms. The molecule has 0 radical (unpaired) electrons. The minimum Gasteiger partial charge on any atom is -0.147 e. The van der Waals surface area contributed by atoms with Crippen LogP contribution in [0.15, 0.2) is 22.1 Å². The van der Waals surface area contributed by atoms with E-state index in [-0.39, 0.29) is 30.4 Å². The first kappa shape index (κ1) is 23.2. The molecule has 0 aromatic heterocycles. The molecule has 0 aromatic rings. The molecule has 1 aliphatic rings. The zero-order valence-electron chi connectivity index (χ0n) is 14.8. The van der Waals surface area contributed by atoms with Gasteiger partial charge in [0, 0.05) is 0 Å². The van der Waals surface area contributed by atoms with Crippen LogP contribution in [0, 0.1) is 0 Å². The van der Waals surface area contributed by atoms with Crippen molar-refractivity contribution in [3.05, 3.63) is 22.1 Å². The first-order valence-corrected chi connectivity index (χ1v) is 20.8. The third-order valence-corrected chi connectivity index (χ3v) is 50.1. The van der Waals surface area contributed by atoms with Crippen molar-refractivity contribution < 1.29 is 12.3 Å². The van der Waals surface area contributed by atoms with E-state index in [9.17, 15) is 0 Å². The van der Waals surface area contributed by atoms with Crippen molar-refractivity contribution >= 4 is 31.5 Å². The van der Waals surface area contributed by atoms with Gasteiger partial charge in [0.25, 0.3) is 0 Å². The second kappa shape index (κ2) is 4.72. The van der Waals surface area contributed by atoms with Crippen molar-refractivity contribution in [2.75, 3.05) is 0 Å². The predicted molar refractivity (Wildman–Crippen MR) is 102 cm³/mol. The van der Waals surface area contributed by atoms with E-state index >= 15 is 0 Å². The van der Waals surface area contributed by atoms with E-state index in [2.05, 4.69) is 76.8 Å². The molecule has 0 spiro atoms. The molecule has 123 valence electrons.